The van der Waals surface area contributed by atoms with Crippen molar-refractivity contribution in [1.29, 1.82) is 0 Å². The maximum atomic E-state index is 5.26. The van der Waals surface area contributed by atoms with Gasteiger partial charge in [-0.3, -0.25) is 0 Å². The molecule has 0 aliphatic carbocycles. The summed E-state index contributed by atoms with van der Waals surface area (Å²) in [5.74, 6) is 1.89. The van der Waals surface area contributed by atoms with Crippen LogP contribution >= 0.6 is 0 Å². The SMILES string of the molecule is CCC(NC)c1nc(Cc2ccc(OC)nc2)no1. The summed E-state index contributed by atoms with van der Waals surface area (Å²) in [6, 6.07) is 3.87. The predicted octanol–water partition coefficient (Wildman–Crippen LogP) is 1.73. The van der Waals surface area contributed by atoms with Crippen molar-refractivity contribution in [3.63, 3.8) is 0 Å². The van der Waals surface area contributed by atoms with Crippen LogP contribution in [0.3, 0.4) is 0 Å². The second-order valence-electron chi connectivity index (χ2n) is 4.18. The monoisotopic (exact) mass is 262 g/mol. The Bertz CT molecular complexity index is 506. The van der Waals surface area contributed by atoms with E-state index in [1.54, 1.807) is 13.3 Å². The van der Waals surface area contributed by atoms with Gasteiger partial charge in [0.05, 0.1) is 13.2 Å². The second kappa shape index (κ2) is 6.29. The van der Waals surface area contributed by atoms with Gasteiger partial charge in [0.2, 0.25) is 11.8 Å². The van der Waals surface area contributed by atoms with Crippen molar-refractivity contribution in [2.45, 2.75) is 25.8 Å². The Labute approximate surface area is 112 Å². The van der Waals surface area contributed by atoms with Crippen LogP contribution in [0, 0.1) is 0 Å². The summed E-state index contributed by atoms with van der Waals surface area (Å²) in [5.41, 5.74) is 1.02. The molecule has 0 saturated carbocycles. The summed E-state index contributed by atoms with van der Waals surface area (Å²) in [6.07, 6.45) is 3.26. The molecule has 2 aromatic heterocycles. The largest absolute Gasteiger partial charge is 0.481 e. The van der Waals surface area contributed by atoms with E-state index in [4.69, 9.17) is 9.26 Å². The number of nitrogens with zero attached hydrogens (tertiary/aromatic N) is 3. The fourth-order valence-electron chi connectivity index (χ4n) is 1.80. The van der Waals surface area contributed by atoms with E-state index in [-0.39, 0.29) is 6.04 Å². The van der Waals surface area contributed by atoms with Crippen molar-refractivity contribution < 1.29 is 9.26 Å². The fraction of sp³-hybridized carbons (Fsp3) is 0.462. The van der Waals surface area contributed by atoms with E-state index in [2.05, 4.69) is 27.4 Å². The standard InChI is InChI=1S/C13H18N4O2/c1-4-10(14-2)13-16-11(17-19-13)7-9-5-6-12(18-3)15-8-9/h5-6,8,10,14H,4,7H2,1-3H3. The molecule has 0 amide bonds. The Morgan fingerprint density at radius 2 is 2.26 bits per heavy atom. The van der Waals surface area contributed by atoms with Gasteiger partial charge in [0.1, 0.15) is 0 Å². The van der Waals surface area contributed by atoms with Crippen LogP contribution in [0.5, 0.6) is 5.88 Å². The molecule has 2 aromatic rings. The van der Waals surface area contributed by atoms with Gasteiger partial charge >= 0.3 is 0 Å². The van der Waals surface area contributed by atoms with Crippen LogP contribution in [0.15, 0.2) is 22.9 Å². The summed E-state index contributed by atoms with van der Waals surface area (Å²) >= 11 is 0. The van der Waals surface area contributed by atoms with E-state index in [0.717, 1.165) is 12.0 Å². The average molecular weight is 262 g/mol. The van der Waals surface area contributed by atoms with Crippen LogP contribution in [0.4, 0.5) is 0 Å². The van der Waals surface area contributed by atoms with Crippen molar-refractivity contribution in [3.8, 4) is 5.88 Å². The number of pyridine rings is 1. The number of nitrogens with one attached hydrogen (secondary N) is 1. The van der Waals surface area contributed by atoms with Crippen LogP contribution in [0.1, 0.15) is 36.7 Å². The van der Waals surface area contributed by atoms with Crippen molar-refractivity contribution in [2.75, 3.05) is 14.2 Å². The molecule has 6 nitrogen and oxygen atoms in total. The zero-order valence-electron chi connectivity index (χ0n) is 11.4. The Kier molecular flexibility index (Phi) is 4.46. The summed E-state index contributed by atoms with van der Waals surface area (Å²) in [4.78, 5) is 8.54. The van der Waals surface area contributed by atoms with Crippen molar-refractivity contribution in [1.82, 2.24) is 20.4 Å². The van der Waals surface area contributed by atoms with Crippen LogP contribution < -0.4 is 10.1 Å². The van der Waals surface area contributed by atoms with Crippen LogP contribution in [-0.4, -0.2) is 29.3 Å². The molecular formula is C13H18N4O2. The molecule has 0 aromatic carbocycles. The number of aromatic nitrogens is 3. The molecular weight excluding hydrogens is 244 g/mol. The first-order valence-electron chi connectivity index (χ1n) is 6.25. The van der Waals surface area contributed by atoms with Gasteiger partial charge in [0, 0.05) is 18.7 Å². The molecule has 1 atom stereocenters. The first kappa shape index (κ1) is 13.5. The highest BCUT2D eigenvalue weighted by Crippen LogP contribution is 2.15. The zero-order chi connectivity index (χ0) is 13.7. The second-order valence-corrected chi connectivity index (χ2v) is 4.18. The smallest absolute Gasteiger partial charge is 0.243 e. The Morgan fingerprint density at radius 1 is 1.42 bits per heavy atom. The molecule has 0 bridgehead atoms. The van der Waals surface area contributed by atoms with Crippen molar-refractivity contribution >= 4 is 0 Å². The zero-order valence-corrected chi connectivity index (χ0v) is 11.4. The normalized spacial score (nSPS) is 12.4. The van der Waals surface area contributed by atoms with E-state index in [9.17, 15) is 0 Å². The highest BCUT2D eigenvalue weighted by Gasteiger charge is 2.15. The number of ether oxygens (including phenoxy) is 1. The van der Waals surface area contributed by atoms with Gasteiger partial charge in [-0.15, -0.1) is 0 Å². The van der Waals surface area contributed by atoms with Crippen LogP contribution in [-0.2, 0) is 6.42 Å². The fourth-order valence-corrected chi connectivity index (χ4v) is 1.80. The van der Waals surface area contributed by atoms with Gasteiger partial charge < -0.3 is 14.6 Å². The van der Waals surface area contributed by atoms with Crippen molar-refractivity contribution in [3.05, 3.63) is 35.6 Å². The summed E-state index contributed by atoms with van der Waals surface area (Å²) < 4.78 is 10.3. The highest BCUT2D eigenvalue weighted by molar-refractivity contribution is 5.20. The number of hydrogen-bond acceptors (Lipinski definition) is 6. The third kappa shape index (κ3) is 3.29. The number of hydrogen-bond donors (Lipinski definition) is 1. The molecule has 0 radical (unpaired) electrons. The molecule has 102 valence electrons. The number of rotatable bonds is 6. The van der Waals surface area contributed by atoms with Gasteiger partial charge in [-0.05, 0) is 19.0 Å². The maximum absolute atomic E-state index is 5.26. The quantitative estimate of drug-likeness (QED) is 0.854. The molecule has 0 saturated heterocycles. The molecule has 6 heteroatoms. The topological polar surface area (TPSA) is 73.1 Å². The van der Waals surface area contributed by atoms with Gasteiger partial charge in [-0.25, -0.2) is 4.98 Å². The Hall–Kier alpha value is -1.95. The van der Waals surface area contributed by atoms with Crippen molar-refractivity contribution in [2.24, 2.45) is 0 Å². The van der Waals surface area contributed by atoms with E-state index in [1.807, 2.05) is 19.2 Å². The summed E-state index contributed by atoms with van der Waals surface area (Å²) in [5, 5.41) is 7.12. The Balaban J connectivity index is 2.06. The van der Waals surface area contributed by atoms with Gasteiger partial charge in [-0.2, -0.15) is 4.98 Å². The van der Waals surface area contributed by atoms with Gasteiger partial charge in [0.15, 0.2) is 5.82 Å². The molecule has 0 fully saturated rings. The van der Waals surface area contributed by atoms with Crippen LogP contribution in [0.25, 0.3) is 0 Å². The molecule has 0 aliphatic rings. The minimum atomic E-state index is 0.107. The molecule has 1 unspecified atom stereocenters. The van der Waals surface area contributed by atoms with E-state index in [1.165, 1.54) is 0 Å². The number of methoxy groups -OCH3 is 1. The third-order valence-corrected chi connectivity index (χ3v) is 2.91. The van der Waals surface area contributed by atoms with E-state index < -0.39 is 0 Å². The van der Waals surface area contributed by atoms with E-state index >= 15 is 0 Å². The molecule has 2 heterocycles. The first-order valence-corrected chi connectivity index (χ1v) is 6.25. The molecule has 19 heavy (non-hydrogen) atoms. The summed E-state index contributed by atoms with van der Waals surface area (Å²) in [7, 11) is 3.47. The highest BCUT2D eigenvalue weighted by atomic mass is 16.5. The average Bonchev–Trinajstić information content (AvgIpc) is 2.89. The predicted molar refractivity (Wildman–Crippen MR) is 70.0 cm³/mol. The Morgan fingerprint density at radius 3 is 2.84 bits per heavy atom. The molecule has 0 spiro atoms. The minimum Gasteiger partial charge on any atom is -0.481 e. The minimum absolute atomic E-state index is 0.107. The van der Waals surface area contributed by atoms with E-state index in [0.29, 0.717) is 24.0 Å². The lowest BCUT2D eigenvalue weighted by molar-refractivity contribution is 0.331. The lowest BCUT2D eigenvalue weighted by atomic mass is 10.2. The lowest BCUT2D eigenvalue weighted by Gasteiger charge is -2.06. The van der Waals surface area contributed by atoms with Crippen LogP contribution in [0.2, 0.25) is 0 Å². The third-order valence-electron chi connectivity index (χ3n) is 2.91. The van der Waals surface area contributed by atoms with Gasteiger partial charge in [-0.1, -0.05) is 18.1 Å². The summed E-state index contributed by atoms with van der Waals surface area (Å²) in [6.45, 7) is 2.07. The first-order chi connectivity index (χ1) is 9.26. The molecule has 0 aliphatic heterocycles. The molecule has 1 N–H and O–H groups in total. The van der Waals surface area contributed by atoms with Gasteiger partial charge in [0.25, 0.3) is 0 Å². The molecule has 2 rings (SSSR count). The lowest BCUT2D eigenvalue weighted by Crippen LogP contribution is -2.15. The maximum Gasteiger partial charge on any atom is 0.243 e.